The summed E-state index contributed by atoms with van der Waals surface area (Å²) in [5.41, 5.74) is 0. The summed E-state index contributed by atoms with van der Waals surface area (Å²) in [5, 5.41) is 2.92. The zero-order valence-corrected chi connectivity index (χ0v) is 12.9. The Labute approximate surface area is 115 Å². The summed E-state index contributed by atoms with van der Waals surface area (Å²) >= 11 is 5.14. The normalized spacial score (nSPS) is 11.2. The van der Waals surface area contributed by atoms with Crippen LogP contribution >= 0.6 is 27.3 Å². The van der Waals surface area contributed by atoms with Gasteiger partial charge in [0.05, 0.1) is 10.3 Å². The number of halogens is 1. The van der Waals surface area contributed by atoms with E-state index in [2.05, 4.69) is 41.2 Å². The van der Waals surface area contributed by atoms with Crippen LogP contribution in [0.5, 0.6) is 0 Å². The van der Waals surface area contributed by atoms with Crippen LogP contribution in [0.2, 0.25) is 0 Å². The highest BCUT2D eigenvalue weighted by atomic mass is 79.9. The second-order valence-electron chi connectivity index (χ2n) is 4.58. The lowest BCUT2D eigenvalue weighted by molar-refractivity contribution is -0.122. The predicted octanol–water partition coefficient (Wildman–Crippen LogP) is 2.71. The van der Waals surface area contributed by atoms with E-state index in [9.17, 15) is 4.79 Å². The van der Waals surface area contributed by atoms with E-state index in [0.717, 1.165) is 16.9 Å². The van der Waals surface area contributed by atoms with E-state index in [-0.39, 0.29) is 5.91 Å². The lowest BCUT2D eigenvalue weighted by atomic mass is 10.2. The third kappa shape index (κ3) is 6.19. The second-order valence-corrected chi connectivity index (χ2v) is 7.12. The number of nitrogens with one attached hydrogen (secondary N) is 1. The van der Waals surface area contributed by atoms with Crippen LogP contribution in [0.1, 0.15) is 18.7 Å². The largest absolute Gasteiger partial charge is 0.355 e. The molecule has 3 nitrogen and oxygen atoms in total. The minimum atomic E-state index is 0.0943. The van der Waals surface area contributed by atoms with Gasteiger partial charge in [0.15, 0.2) is 0 Å². The van der Waals surface area contributed by atoms with Gasteiger partial charge in [-0.05, 0) is 41.0 Å². The number of nitrogens with zero attached hydrogens (tertiary/aromatic N) is 1. The molecule has 0 radical (unpaired) electrons. The van der Waals surface area contributed by atoms with Crippen molar-refractivity contribution in [2.45, 2.75) is 20.4 Å². The fourth-order valence-corrected chi connectivity index (χ4v) is 2.94. The fourth-order valence-electron chi connectivity index (χ4n) is 1.38. The van der Waals surface area contributed by atoms with Crippen LogP contribution in [0.3, 0.4) is 0 Å². The highest BCUT2D eigenvalue weighted by Crippen LogP contribution is 2.22. The van der Waals surface area contributed by atoms with Gasteiger partial charge in [-0.15, -0.1) is 11.3 Å². The van der Waals surface area contributed by atoms with E-state index in [1.54, 1.807) is 11.3 Å². The van der Waals surface area contributed by atoms with Crippen molar-refractivity contribution in [1.82, 2.24) is 10.2 Å². The lowest BCUT2D eigenvalue weighted by Crippen LogP contribution is -2.36. The Hall–Kier alpha value is -0.390. The van der Waals surface area contributed by atoms with Crippen molar-refractivity contribution in [2.75, 3.05) is 20.1 Å². The van der Waals surface area contributed by atoms with E-state index in [4.69, 9.17) is 0 Å². The van der Waals surface area contributed by atoms with Gasteiger partial charge in [-0.25, -0.2) is 0 Å². The summed E-state index contributed by atoms with van der Waals surface area (Å²) in [6.45, 7) is 6.19. The zero-order valence-electron chi connectivity index (χ0n) is 10.5. The van der Waals surface area contributed by atoms with Crippen molar-refractivity contribution in [3.63, 3.8) is 0 Å². The zero-order chi connectivity index (χ0) is 12.8. The molecule has 0 saturated carbocycles. The van der Waals surface area contributed by atoms with Crippen molar-refractivity contribution < 1.29 is 4.79 Å². The first-order valence-electron chi connectivity index (χ1n) is 5.67. The molecular weight excluding hydrogens is 300 g/mol. The second kappa shape index (κ2) is 7.13. The standard InChI is InChI=1S/C12H19BrN2OS/c1-9(2)6-14-12(16)8-15(3)7-10-4-5-11(13)17-10/h4-5,9H,6-8H2,1-3H3,(H,14,16). The number of carbonyl (C=O) groups excluding carboxylic acids is 1. The van der Waals surface area contributed by atoms with Crippen molar-refractivity contribution in [2.24, 2.45) is 5.92 Å². The number of hydrogen-bond donors (Lipinski definition) is 1. The Morgan fingerprint density at radius 2 is 2.24 bits per heavy atom. The Kier molecular flexibility index (Phi) is 6.16. The first-order chi connectivity index (χ1) is 7.97. The fraction of sp³-hybridized carbons (Fsp3) is 0.583. The number of thiophene rings is 1. The van der Waals surface area contributed by atoms with Gasteiger partial charge in [0.25, 0.3) is 0 Å². The molecule has 0 aliphatic carbocycles. The number of amides is 1. The van der Waals surface area contributed by atoms with Crippen LogP contribution in [0.15, 0.2) is 15.9 Å². The van der Waals surface area contributed by atoms with E-state index < -0.39 is 0 Å². The topological polar surface area (TPSA) is 32.3 Å². The molecule has 96 valence electrons. The number of carbonyl (C=O) groups is 1. The van der Waals surface area contributed by atoms with Crippen molar-refractivity contribution in [3.8, 4) is 0 Å². The van der Waals surface area contributed by atoms with Crippen LogP contribution in [0, 0.1) is 5.92 Å². The number of likely N-dealkylation sites (N-methyl/N-ethyl adjacent to an activating group) is 1. The molecule has 0 aliphatic heterocycles. The monoisotopic (exact) mass is 318 g/mol. The molecule has 1 amide bonds. The van der Waals surface area contributed by atoms with Crippen LogP contribution < -0.4 is 5.32 Å². The van der Waals surface area contributed by atoms with Crippen LogP contribution in [-0.4, -0.2) is 30.9 Å². The SMILES string of the molecule is CC(C)CNC(=O)CN(C)Cc1ccc(Br)s1. The predicted molar refractivity (Wildman–Crippen MR) is 76.2 cm³/mol. The van der Waals surface area contributed by atoms with Gasteiger partial charge in [-0.1, -0.05) is 13.8 Å². The highest BCUT2D eigenvalue weighted by Gasteiger charge is 2.08. The number of hydrogen-bond acceptors (Lipinski definition) is 3. The van der Waals surface area contributed by atoms with Gasteiger partial charge in [-0.2, -0.15) is 0 Å². The van der Waals surface area contributed by atoms with Gasteiger partial charge >= 0.3 is 0 Å². The van der Waals surface area contributed by atoms with Gasteiger partial charge < -0.3 is 5.32 Å². The third-order valence-electron chi connectivity index (χ3n) is 2.18. The molecule has 0 spiro atoms. The Morgan fingerprint density at radius 3 is 2.76 bits per heavy atom. The molecule has 0 fully saturated rings. The summed E-state index contributed by atoms with van der Waals surface area (Å²) in [6, 6.07) is 4.12. The quantitative estimate of drug-likeness (QED) is 0.874. The smallest absolute Gasteiger partial charge is 0.234 e. The molecule has 1 heterocycles. The van der Waals surface area contributed by atoms with E-state index in [1.807, 2.05) is 18.0 Å². The molecule has 1 rings (SSSR count). The van der Waals surface area contributed by atoms with Gasteiger partial charge in [0, 0.05) is 18.0 Å². The minimum Gasteiger partial charge on any atom is -0.355 e. The Balaban J connectivity index is 2.29. The first-order valence-corrected chi connectivity index (χ1v) is 7.27. The van der Waals surface area contributed by atoms with E-state index >= 15 is 0 Å². The summed E-state index contributed by atoms with van der Waals surface area (Å²) in [4.78, 5) is 14.9. The molecule has 0 unspecified atom stereocenters. The van der Waals surface area contributed by atoms with Crippen molar-refractivity contribution in [1.29, 1.82) is 0 Å². The van der Waals surface area contributed by atoms with Crippen LogP contribution in [-0.2, 0) is 11.3 Å². The molecule has 0 saturated heterocycles. The summed E-state index contributed by atoms with van der Waals surface area (Å²) in [5.74, 6) is 0.592. The maximum Gasteiger partial charge on any atom is 0.234 e. The molecular formula is C12H19BrN2OS. The summed E-state index contributed by atoms with van der Waals surface area (Å²) in [6.07, 6.45) is 0. The first kappa shape index (κ1) is 14.7. The Bertz CT molecular complexity index is 365. The molecule has 0 aromatic carbocycles. The van der Waals surface area contributed by atoms with Gasteiger partial charge in [0.2, 0.25) is 5.91 Å². The van der Waals surface area contributed by atoms with E-state index in [1.165, 1.54) is 4.88 Å². The third-order valence-corrected chi connectivity index (χ3v) is 3.78. The van der Waals surface area contributed by atoms with Crippen LogP contribution in [0.25, 0.3) is 0 Å². The van der Waals surface area contributed by atoms with Crippen LogP contribution in [0.4, 0.5) is 0 Å². The van der Waals surface area contributed by atoms with E-state index in [0.29, 0.717) is 12.5 Å². The summed E-state index contributed by atoms with van der Waals surface area (Å²) in [7, 11) is 1.96. The average molecular weight is 319 g/mol. The molecule has 1 aromatic heterocycles. The highest BCUT2D eigenvalue weighted by molar-refractivity contribution is 9.11. The molecule has 17 heavy (non-hydrogen) atoms. The molecule has 0 bridgehead atoms. The Morgan fingerprint density at radius 1 is 1.53 bits per heavy atom. The van der Waals surface area contributed by atoms with Gasteiger partial charge in [0.1, 0.15) is 0 Å². The maximum absolute atomic E-state index is 11.6. The lowest BCUT2D eigenvalue weighted by Gasteiger charge is -2.15. The maximum atomic E-state index is 11.6. The minimum absolute atomic E-state index is 0.0943. The van der Waals surface area contributed by atoms with Gasteiger partial charge in [-0.3, -0.25) is 9.69 Å². The molecule has 1 aromatic rings. The molecule has 5 heteroatoms. The van der Waals surface area contributed by atoms with Crippen molar-refractivity contribution >= 4 is 33.2 Å². The molecule has 0 atom stereocenters. The molecule has 0 aliphatic rings. The average Bonchev–Trinajstić information content (AvgIpc) is 2.60. The summed E-state index contributed by atoms with van der Waals surface area (Å²) < 4.78 is 1.13. The number of rotatable bonds is 6. The van der Waals surface area contributed by atoms with Crippen molar-refractivity contribution in [3.05, 3.63) is 20.8 Å². The molecule has 1 N–H and O–H groups in total.